The minimum atomic E-state index is -0.152. The molecule has 0 spiro atoms. The molecule has 1 fully saturated rings. The van der Waals surface area contributed by atoms with Crippen molar-refractivity contribution in [3.63, 3.8) is 0 Å². The minimum absolute atomic E-state index is 0.152. The van der Waals surface area contributed by atoms with Gasteiger partial charge in [-0.2, -0.15) is 12.6 Å². The second-order valence-corrected chi connectivity index (χ2v) is 3.33. The van der Waals surface area contributed by atoms with Crippen LogP contribution in [0, 0.1) is 0 Å². The van der Waals surface area contributed by atoms with Crippen LogP contribution in [-0.4, -0.2) is 36.4 Å². The van der Waals surface area contributed by atoms with Crippen molar-refractivity contribution < 1.29 is 9.53 Å². The molecule has 0 aromatic rings. The summed E-state index contributed by atoms with van der Waals surface area (Å²) < 4.78 is 4.79. The molecule has 0 aliphatic carbocycles. The maximum absolute atomic E-state index is 10.9. The smallest absolute Gasteiger partial charge is 0.409 e. The first kappa shape index (κ1) is 9.71. The molecule has 1 aliphatic rings. The molecule has 1 saturated heterocycles. The first-order chi connectivity index (χ1) is 5.84. The topological polar surface area (TPSA) is 29.5 Å². The largest absolute Gasteiger partial charge is 0.448 e. The number of hydrogen-bond donors (Lipinski definition) is 1. The molecule has 0 unspecified atom stereocenters. The molecule has 1 aliphatic heterocycles. The standard InChI is InChI=1S/C8H15NO2S/c10-8-9(5-6-11-8)4-2-1-3-7-12/h12H,1-7H2. The number of unbranched alkanes of at least 4 members (excludes halogenated alkanes) is 2. The Morgan fingerprint density at radius 3 is 2.83 bits per heavy atom. The van der Waals surface area contributed by atoms with E-state index < -0.39 is 0 Å². The van der Waals surface area contributed by atoms with E-state index in [1.54, 1.807) is 4.90 Å². The normalized spacial score (nSPS) is 16.8. The number of carbonyl (C=O) groups excluding carboxylic acids is 1. The number of ether oxygens (including phenoxy) is 1. The summed E-state index contributed by atoms with van der Waals surface area (Å²) >= 11 is 4.12. The Kier molecular flexibility index (Phi) is 4.29. The lowest BCUT2D eigenvalue weighted by molar-refractivity contribution is 0.158. The van der Waals surface area contributed by atoms with Crippen molar-refractivity contribution in [3.8, 4) is 0 Å². The predicted molar refractivity (Wildman–Crippen MR) is 50.6 cm³/mol. The third-order valence-corrected chi connectivity index (χ3v) is 2.25. The zero-order valence-electron chi connectivity index (χ0n) is 7.16. The van der Waals surface area contributed by atoms with Crippen LogP contribution in [0.2, 0.25) is 0 Å². The predicted octanol–water partition coefficient (Wildman–Crippen LogP) is 1.54. The molecule has 1 amide bonds. The molecular formula is C8H15NO2S. The molecule has 0 bridgehead atoms. The molecule has 12 heavy (non-hydrogen) atoms. The second-order valence-electron chi connectivity index (χ2n) is 2.89. The quantitative estimate of drug-likeness (QED) is 0.525. The molecular weight excluding hydrogens is 174 g/mol. The Hall–Kier alpha value is -0.380. The van der Waals surface area contributed by atoms with E-state index in [9.17, 15) is 4.79 Å². The van der Waals surface area contributed by atoms with Gasteiger partial charge >= 0.3 is 6.09 Å². The van der Waals surface area contributed by atoms with E-state index in [4.69, 9.17) is 4.74 Å². The second kappa shape index (κ2) is 5.30. The van der Waals surface area contributed by atoms with Crippen LogP contribution in [0.15, 0.2) is 0 Å². The summed E-state index contributed by atoms with van der Waals surface area (Å²) in [7, 11) is 0. The minimum Gasteiger partial charge on any atom is -0.448 e. The molecule has 1 rings (SSSR count). The van der Waals surface area contributed by atoms with Crippen LogP contribution in [0.4, 0.5) is 4.79 Å². The maximum Gasteiger partial charge on any atom is 0.409 e. The summed E-state index contributed by atoms with van der Waals surface area (Å²) in [5.74, 6) is 0.935. The lowest BCUT2D eigenvalue weighted by Gasteiger charge is -2.11. The highest BCUT2D eigenvalue weighted by molar-refractivity contribution is 7.80. The van der Waals surface area contributed by atoms with Gasteiger partial charge in [-0.3, -0.25) is 0 Å². The summed E-state index contributed by atoms with van der Waals surface area (Å²) in [6.07, 6.45) is 3.19. The Balaban J connectivity index is 2.02. The number of thiol groups is 1. The fraction of sp³-hybridized carbons (Fsp3) is 0.875. The van der Waals surface area contributed by atoms with Crippen LogP contribution < -0.4 is 0 Å². The summed E-state index contributed by atoms with van der Waals surface area (Å²) in [5, 5.41) is 0. The van der Waals surface area contributed by atoms with Gasteiger partial charge in [0.15, 0.2) is 0 Å². The highest BCUT2D eigenvalue weighted by atomic mass is 32.1. The summed E-state index contributed by atoms with van der Waals surface area (Å²) in [6.45, 7) is 2.16. The lowest BCUT2D eigenvalue weighted by Crippen LogP contribution is -2.25. The number of hydrogen-bond acceptors (Lipinski definition) is 3. The van der Waals surface area contributed by atoms with Crippen molar-refractivity contribution in [1.82, 2.24) is 4.90 Å². The molecule has 4 heteroatoms. The van der Waals surface area contributed by atoms with E-state index in [1.807, 2.05) is 0 Å². The van der Waals surface area contributed by atoms with E-state index in [-0.39, 0.29) is 6.09 Å². The van der Waals surface area contributed by atoms with Crippen LogP contribution in [0.25, 0.3) is 0 Å². The Morgan fingerprint density at radius 2 is 2.25 bits per heavy atom. The highest BCUT2D eigenvalue weighted by Gasteiger charge is 2.20. The average molecular weight is 189 g/mol. The number of nitrogens with zero attached hydrogens (tertiary/aromatic N) is 1. The molecule has 0 radical (unpaired) electrons. The third-order valence-electron chi connectivity index (χ3n) is 1.93. The molecule has 0 N–H and O–H groups in total. The van der Waals surface area contributed by atoms with Gasteiger partial charge in [0.2, 0.25) is 0 Å². The van der Waals surface area contributed by atoms with E-state index in [2.05, 4.69) is 12.6 Å². The fourth-order valence-corrected chi connectivity index (χ4v) is 1.44. The number of carbonyl (C=O) groups is 1. The van der Waals surface area contributed by atoms with Crippen molar-refractivity contribution in [2.45, 2.75) is 19.3 Å². The molecule has 0 saturated carbocycles. The highest BCUT2D eigenvalue weighted by Crippen LogP contribution is 2.06. The summed E-state index contributed by atoms with van der Waals surface area (Å²) in [5.41, 5.74) is 0. The molecule has 70 valence electrons. The van der Waals surface area contributed by atoms with E-state index in [0.717, 1.165) is 38.1 Å². The SMILES string of the molecule is O=C1OCCN1CCCCCS. The van der Waals surface area contributed by atoms with Crippen LogP contribution in [-0.2, 0) is 4.74 Å². The van der Waals surface area contributed by atoms with Crippen molar-refractivity contribution >= 4 is 18.7 Å². The van der Waals surface area contributed by atoms with Crippen LogP contribution >= 0.6 is 12.6 Å². The van der Waals surface area contributed by atoms with Crippen molar-refractivity contribution in [2.75, 3.05) is 25.4 Å². The average Bonchev–Trinajstić information content (AvgIpc) is 2.46. The van der Waals surface area contributed by atoms with Gasteiger partial charge in [-0.05, 0) is 18.6 Å². The van der Waals surface area contributed by atoms with Gasteiger partial charge in [-0.25, -0.2) is 4.79 Å². The fourth-order valence-electron chi connectivity index (χ4n) is 1.22. The van der Waals surface area contributed by atoms with E-state index >= 15 is 0 Å². The Morgan fingerprint density at radius 1 is 1.42 bits per heavy atom. The molecule has 0 atom stereocenters. The zero-order chi connectivity index (χ0) is 8.81. The monoisotopic (exact) mass is 189 g/mol. The molecule has 1 heterocycles. The van der Waals surface area contributed by atoms with Crippen molar-refractivity contribution in [2.24, 2.45) is 0 Å². The van der Waals surface area contributed by atoms with Gasteiger partial charge in [0.05, 0.1) is 6.54 Å². The van der Waals surface area contributed by atoms with E-state index in [0.29, 0.717) is 6.61 Å². The maximum atomic E-state index is 10.9. The lowest BCUT2D eigenvalue weighted by atomic mass is 10.2. The number of amides is 1. The van der Waals surface area contributed by atoms with Gasteiger partial charge in [0.1, 0.15) is 6.61 Å². The molecule has 3 nitrogen and oxygen atoms in total. The first-order valence-electron chi connectivity index (χ1n) is 4.37. The summed E-state index contributed by atoms with van der Waals surface area (Å²) in [4.78, 5) is 12.7. The van der Waals surface area contributed by atoms with Gasteiger partial charge < -0.3 is 9.64 Å². The van der Waals surface area contributed by atoms with Gasteiger partial charge in [0, 0.05) is 6.54 Å². The van der Waals surface area contributed by atoms with Gasteiger partial charge in [-0.1, -0.05) is 6.42 Å². The van der Waals surface area contributed by atoms with Crippen LogP contribution in [0.3, 0.4) is 0 Å². The number of rotatable bonds is 5. The zero-order valence-corrected chi connectivity index (χ0v) is 8.06. The van der Waals surface area contributed by atoms with Crippen LogP contribution in [0.5, 0.6) is 0 Å². The Labute approximate surface area is 78.5 Å². The molecule has 0 aromatic carbocycles. The van der Waals surface area contributed by atoms with Crippen LogP contribution in [0.1, 0.15) is 19.3 Å². The van der Waals surface area contributed by atoms with Gasteiger partial charge in [-0.15, -0.1) is 0 Å². The summed E-state index contributed by atoms with van der Waals surface area (Å²) in [6, 6.07) is 0. The van der Waals surface area contributed by atoms with Crippen molar-refractivity contribution in [3.05, 3.63) is 0 Å². The Bertz CT molecular complexity index is 152. The van der Waals surface area contributed by atoms with Gasteiger partial charge in [0.25, 0.3) is 0 Å². The first-order valence-corrected chi connectivity index (χ1v) is 5.00. The third kappa shape index (κ3) is 2.93. The van der Waals surface area contributed by atoms with Crippen molar-refractivity contribution in [1.29, 1.82) is 0 Å². The number of cyclic esters (lactones) is 1. The molecule has 0 aromatic heterocycles. The van der Waals surface area contributed by atoms with E-state index in [1.165, 1.54) is 0 Å².